The van der Waals surface area contributed by atoms with Crippen molar-refractivity contribution in [2.75, 3.05) is 21.1 Å². The van der Waals surface area contributed by atoms with Gasteiger partial charge in [0.25, 0.3) is 0 Å². The van der Waals surface area contributed by atoms with Crippen LogP contribution in [0.15, 0.2) is 24.3 Å². The van der Waals surface area contributed by atoms with Gasteiger partial charge < -0.3 is 9.80 Å². The van der Waals surface area contributed by atoms with Crippen LogP contribution in [-0.4, -0.2) is 42.8 Å². The second-order valence-electron chi connectivity index (χ2n) is 5.04. The standard InChI is InChI=1S/C14H17FN2O2/c1-16(2)14(19)11-8-12(18)17(3)13(11)9-4-6-10(15)7-5-9/h4-7,11,13H,8H2,1-3H3/t11-,13+/m0/s1. The summed E-state index contributed by atoms with van der Waals surface area (Å²) in [6.07, 6.45) is 0.204. The third-order valence-electron chi connectivity index (χ3n) is 3.56. The number of amides is 2. The highest BCUT2D eigenvalue weighted by Gasteiger charge is 2.43. The maximum absolute atomic E-state index is 13.0. The van der Waals surface area contributed by atoms with E-state index in [1.807, 2.05) is 0 Å². The normalized spacial score (nSPS) is 22.7. The van der Waals surface area contributed by atoms with E-state index in [-0.39, 0.29) is 30.1 Å². The number of nitrogens with zero attached hydrogens (tertiary/aromatic N) is 2. The van der Waals surface area contributed by atoms with Crippen molar-refractivity contribution in [1.29, 1.82) is 0 Å². The van der Waals surface area contributed by atoms with Crippen LogP contribution < -0.4 is 0 Å². The molecule has 102 valence electrons. The molecule has 5 heteroatoms. The molecule has 1 saturated heterocycles. The fraction of sp³-hybridized carbons (Fsp3) is 0.429. The van der Waals surface area contributed by atoms with Gasteiger partial charge in [-0.05, 0) is 17.7 Å². The SMILES string of the molecule is CN(C)C(=O)[C@H]1CC(=O)N(C)[C@@H]1c1ccc(F)cc1. The summed E-state index contributed by atoms with van der Waals surface area (Å²) < 4.78 is 13.0. The number of hydrogen-bond donors (Lipinski definition) is 0. The molecule has 1 fully saturated rings. The number of carbonyl (C=O) groups excluding carboxylic acids is 2. The molecule has 1 aromatic carbocycles. The highest BCUT2D eigenvalue weighted by atomic mass is 19.1. The molecular formula is C14H17FN2O2. The first-order valence-electron chi connectivity index (χ1n) is 6.14. The second-order valence-corrected chi connectivity index (χ2v) is 5.04. The van der Waals surface area contributed by atoms with Gasteiger partial charge in [-0.25, -0.2) is 4.39 Å². The fourth-order valence-corrected chi connectivity index (χ4v) is 2.54. The van der Waals surface area contributed by atoms with Crippen molar-refractivity contribution in [3.63, 3.8) is 0 Å². The van der Waals surface area contributed by atoms with E-state index in [1.54, 1.807) is 38.2 Å². The lowest BCUT2D eigenvalue weighted by Crippen LogP contribution is -2.33. The Balaban J connectivity index is 2.36. The van der Waals surface area contributed by atoms with Gasteiger partial charge in [0.1, 0.15) is 5.82 Å². The van der Waals surface area contributed by atoms with Crippen molar-refractivity contribution >= 4 is 11.8 Å². The molecule has 0 aliphatic carbocycles. The van der Waals surface area contributed by atoms with E-state index in [0.29, 0.717) is 0 Å². The van der Waals surface area contributed by atoms with Gasteiger partial charge in [-0.1, -0.05) is 12.1 Å². The highest BCUT2D eigenvalue weighted by molar-refractivity contribution is 5.90. The Morgan fingerprint density at radius 2 is 1.89 bits per heavy atom. The van der Waals surface area contributed by atoms with Crippen molar-refractivity contribution < 1.29 is 14.0 Å². The average molecular weight is 264 g/mol. The van der Waals surface area contributed by atoms with Crippen molar-refractivity contribution in [1.82, 2.24) is 9.80 Å². The fourth-order valence-electron chi connectivity index (χ4n) is 2.54. The molecule has 1 heterocycles. The Hall–Kier alpha value is -1.91. The number of rotatable bonds is 2. The number of hydrogen-bond acceptors (Lipinski definition) is 2. The molecule has 0 bridgehead atoms. The summed E-state index contributed by atoms with van der Waals surface area (Å²) in [5.74, 6) is -0.870. The van der Waals surface area contributed by atoms with Gasteiger partial charge in [0.05, 0.1) is 12.0 Å². The minimum absolute atomic E-state index is 0.0606. The monoisotopic (exact) mass is 264 g/mol. The molecule has 0 spiro atoms. The van der Waals surface area contributed by atoms with Crippen molar-refractivity contribution in [3.8, 4) is 0 Å². The second kappa shape index (κ2) is 4.99. The Kier molecular flexibility index (Phi) is 3.55. The molecule has 2 rings (SSSR count). The topological polar surface area (TPSA) is 40.6 Å². The summed E-state index contributed by atoms with van der Waals surface area (Å²) in [6.45, 7) is 0. The van der Waals surface area contributed by atoms with Crippen molar-refractivity contribution in [2.45, 2.75) is 12.5 Å². The quantitative estimate of drug-likeness (QED) is 0.811. The molecule has 0 unspecified atom stereocenters. The summed E-state index contributed by atoms with van der Waals surface area (Å²) in [5.41, 5.74) is 0.787. The third kappa shape index (κ3) is 2.45. The first kappa shape index (κ1) is 13.5. The highest BCUT2D eigenvalue weighted by Crippen LogP contribution is 2.37. The molecule has 1 aromatic rings. The van der Waals surface area contributed by atoms with E-state index in [4.69, 9.17) is 0 Å². The van der Waals surface area contributed by atoms with Gasteiger partial charge in [0.2, 0.25) is 11.8 Å². The van der Waals surface area contributed by atoms with Crippen LogP contribution in [0.2, 0.25) is 0 Å². The third-order valence-corrected chi connectivity index (χ3v) is 3.56. The summed E-state index contributed by atoms with van der Waals surface area (Å²) in [6, 6.07) is 5.64. The number of benzene rings is 1. The first-order chi connectivity index (χ1) is 8.91. The Morgan fingerprint density at radius 1 is 1.32 bits per heavy atom. The van der Waals surface area contributed by atoms with Crippen LogP contribution in [0.5, 0.6) is 0 Å². The minimum Gasteiger partial charge on any atom is -0.348 e. The van der Waals surface area contributed by atoms with Crippen LogP contribution in [0.4, 0.5) is 4.39 Å². The number of likely N-dealkylation sites (tertiary alicyclic amines) is 1. The molecule has 1 aliphatic heterocycles. The molecule has 4 nitrogen and oxygen atoms in total. The van der Waals surface area contributed by atoms with Crippen LogP contribution in [0.3, 0.4) is 0 Å². The molecule has 0 radical (unpaired) electrons. The number of halogens is 1. The van der Waals surface area contributed by atoms with Crippen molar-refractivity contribution in [3.05, 3.63) is 35.6 Å². The molecule has 2 atom stereocenters. The lowest BCUT2D eigenvalue weighted by Gasteiger charge is -2.26. The van der Waals surface area contributed by atoms with Crippen LogP contribution in [0, 0.1) is 11.7 Å². The van der Waals surface area contributed by atoms with Gasteiger partial charge in [0.15, 0.2) is 0 Å². The smallest absolute Gasteiger partial charge is 0.228 e. The Morgan fingerprint density at radius 3 is 2.42 bits per heavy atom. The lowest BCUT2D eigenvalue weighted by molar-refractivity contribution is -0.134. The molecule has 0 N–H and O–H groups in total. The zero-order valence-corrected chi connectivity index (χ0v) is 11.3. The van der Waals surface area contributed by atoms with Crippen LogP contribution in [-0.2, 0) is 9.59 Å². The van der Waals surface area contributed by atoms with Gasteiger partial charge >= 0.3 is 0 Å². The van der Waals surface area contributed by atoms with E-state index in [9.17, 15) is 14.0 Å². The van der Waals surface area contributed by atoms with Crippen LogP contribution in [0.25, 0.3) is 0 Å². The van der Waals surface area contributed by atoms with E-state index < -0.39 is 5.92 Å². The lowest BCUT2D eigenvalue weighted by atomic mass is 9.92. The van der Waals surface area contributed by atoms with E-state index in [0.717, 1.165) is 5.56 Å². The molecule has 0 saturated carbocycles. The Labute approximate surface area is 111 Å². The zero-order chi connectivity index (χ0) is 14.2. The van der Waals surface area contributed by atoms with Crippen molar-refractivity contribution in [2.24, 2.45) is 5.92 Å². The van der Waals surface area contributed by atoms with Gasteiger partial charge in [-0.15, -0.1) is 0 Å². The van der Waals surface area contributed by atoms with Gasteiger partial charge in [0, 0.05) is 27.6 Å². The Bertz CT molecular complexity index is 499. The maximum Gasteiger partial charge on any atom is 0.228 e. The van der Waals surface area contributed by atoms with E-state index >= 15 is 0 Å². The van der Waals surface area contributed by atoms with Gasteiger partial charge in [-0.3, -0.25) is 9.59 Å². The molecule has 19 heavy (non-hydrogen) atoms. The summed E-state index contributed by atoms with van der Waals surface area (Å²) in [7, 11) is 5.03. The summed E-state index contributed by atoms with van der Waals surface area (Å²) in [4.78, 5) is 27.1. The molecule has 0 aromatic heterocycles. The molecular weight excluding hydrogens is 247 g/mol. The largest absolute Gasteiger partial charge is 0.348 e. The first-order valence-corrected chi connectivity index (χ1v) is 6.14. The number of carbonyl (C=O) groups is 2. The predicted octanol–water partition coefficient (Wildman–Crippen LogP) is 1.43. The molecule has 1 aliphatic rings. The average Bonchev–Trinajstić information content (AvgIpc) is 2.66. The predicted molar refractivity (Wildman–Crippen MR) is 68.7 cm³/mol. The van der Waals surface area contributed by atoms with Crippen LogP contribution >= 0.6 is 0 Å². The van der Waals surface area contributed by atoms with Crippen LogP contribution in [0.1, 0.15) is 18.0 Å². The zero-order valence-electron chi connectivity index (χ0n) is 11.3. The summed E-state index contributed by atoms with van der Waals surface area (Å²) >= 11 is 0. The molecule has 2 amide bonds. The van der Waals surface area contributed by atoms with Gasteiger partial charge in [-0.2, -0.15) is 0 Å². The van der Waals surface area contributed by atoms with E-state index in [1.165, 1.54) is 17.0 Å². The van der Waals surface area contributed by atoms with E-state index in [2.05, 4.69) is 0 Å². The minimum atomic E-state index is -0.405. The maximum atomic E-state index is 13.0. The summed E-state index contributed by atoms with van der Waals surface area (Å²) in [5, 5.41) is 0.